The maximum absolute atomic E-state index is 13.9. The molecule has 0 bridgehead atoms. The summed E-state index contributed by atoms with van der Waals surface area (Å²) in [6, 6.07) is 9.19. The number of fused-ring (bicyclic) bond motifs is 1. The van der Waals surface area contributed by atoms with Gasteiger partial charge in [-0.1, -0.05) is 45.4 Å². The van der Waals surface area contributed by atoms with Crippen molar-refractivity contribution in [2.75, 3.05) is 11.1 Å². The molecule has 0 radical (unpaired) electrons. The fraction of sp³-hybridized carbons (Fsp3) is 0.105. The molecule has 1 aromatic heterocycles. The van der Waals surface area contributed by atoms with Crippen molar-refractivity contribution in [1.29, 1.82) is 0 Å². The first-order chi connectivity index (χ1) is 13.4. The van der Waals surface area contributed by atoms with Gasteiger partial charge in [0.15, 0.2) is 5.16 Å². The highest BCUT2D eigenvalue weighted by molar-refractivity contribution is 9.10. The number of carbonyl (C=O) groups excluding carboxylic acids is 1. The molecule has 1 heterocycles. The Morgan fingerprint density at radius 3 is 2.86 bits per heavy atom. The summed E-state index contributed by atoms with van der Waals surface area (Å²) >= 11 is 10.2. The Bertz CT molecular complexity index is 1140. The van der Waals surface area contributed by atoms with Crippen LogP contribution in [0.1, 0.15) is 0 Å². The average molecular weight is 483 g/mol. The van der Waals surface area contributed by atoms with Crippen molar-refractivity contribution in [3.63, 3.8) is 0 Å². The predicted octanol–water partition coefficient (Wildman–Crippen LogP) is 4.87. The Balaban J connectivity index is 1.84. The maximum Gasteiger partial charge on any atom is 0.262 e. The van der Waals surface area contributed by atoms with E-state index in [1.165, 1.54) is 16.7 Å². The van der Waals surface area contributed by atoms with Crippen LogP contribution >= 0.6 is 39.3 Å². The molecule has 5 nitrogen and oxygen atoms in total. The zero-order chi connectivity index (χ0) is 20.3. The van der Waals surface area contributed by atoms with E-state index >= 15 is 0 Å². The summed E-state index contributed by atoms with van der Waals surface area (Å²) in [5.41, 5.74) is 0.277. The molecule has 0 unspecified atom stereocenters. The summed E-state index contributed by atoms with van der Waals surface area (Å²) in [5, 5.41) is 3.75. The molecule has 0 fully saturated rings. The molecular formula is C19H14BrClFN3O2S. The Morgan fingerprint density at radius 1 is 1.36 bits per heavy atom. The second-order valence-electron chi connectivity index (χ2n) is 5.72. The molecule has 0 saturated heterocycles. The van der Waals surface area contributed by atoms with Gasteiger partial charge >= 0.3 is 0 Å². The lowest BCUT2D eigenvalue weighted by Crippen LogP contribution is -2.24. The molecule has 0 saturated carbocycles. The number of nitrogens with one attached hydrogen (secondary N) is 1. The van der Waals surface area contributed by atoms with Crippen LogP contribution in [-0.4, -0.2) is 21.2 Å². The van der Waals surface area contributed by atoms with Crippen LogP contribution in [0.4, 0.5) is 10.1 Å². The summed E-state index contributed by atoms with van der Waals surface area (Å²) in [5.74, 6) is -1.02. The van der Waals surface area contributed by atoms with Crippen LogP contribution in [0.15, 0.2) is 63.5 Å². The lowest BCUT2D eigenvalue weighted by molar-refractivity contribution is -0.113. The van der Waals surface area contributed by atoms with Gasteiger partial charge in [-0.25, -0.2) is 9.37 Å². The molecule has 0 aliphatic carbocycles. The number of carbonyl (C=O) groups is 1. The van der Waals surface area contributed by atoms with Gasteiger partial charge in [0, 0.05) is 16.0 Å². The summed E-state index contributed by atoms with van der Waals surface area (Å²) in [6.45, 7) is 3.90. The summed E-state index contributed by atoms with van der Waals surface area (Å²) in [7, 11) is 0. The minimum absolute atomic E-state index is 0.0504. The van der Waals surface area contributed by atoms with Crippen molar-refractivity contribution in [3.8, 4) is 0 Å². The fourth-order valence-electron chi connectivity index (χ4n) is 2.48. The van der Waals surface area contributed by atoms with E-state index in [1.54, 1.807) is 30.3 Å². The number of halogens is 3. The molecule has 0 aliphatic heterocycles. The number of amides is 1. The second kappa shape index (κ2) is 8.89. The molecule has 1 N–H and O–H groups in total. The van der Waals surface area contributed by atoms with E-state index in [4.69, 9.17) is 11.6 Å². The normalized spacial score (nSPS) is 10.8. The number of nitrogens with zero attached hydrogens (tertiary/aromatic N) is 2. The molecule has 1 amide bonds. The minimum atomic E-state index is -0.547. The second-order valence-corrected chi connectivity index (χ2v) is 8.02. The number of rotatable bonds is 6. The van der Waals surface area contributed by atoms with Gasteiger partial charge in [-0.3, -0.25) is 14.2 Å². The van der Waals surface area contributed by atoms with E-state index in [0.29, 0.717) is 25.6 Å². The summed E-state index contributed by atoms with van der Waals surface area (Å²) in [4.78, 5) is 29.4. The minimum Gasteiger partial charge on any atom is -0.323 e. The topological polar surface area (TPSA) is 64.0 Å². The van der Waals surface area contributed by atoms with Crippen LogP contribution in [0.3, 0.4) is 0 Å². The number of hydrogen-bond acceptors (Lipinski definition) is 4. The van der Waals surface area contributed by atoms with E-state index in [9.17, 15) is 14.0 Å². The first-order valence-corrected chi connectivity index (χ1v) is 10.2. The highest BCUT2D eigenvalue weighted by atomic mass is 79.9. The molecule has 28 heavy (non-hydrogen) atoms. The van der Waals surface area contributed by atoms with Crippen LogP contribution in [0, 0.1) is 5.82 Å². The third kappa shape index (κ3) is 4.63. The van der Waals surface area contributed by atoms with E-state index in [1.807, 2.05) is 0 Å². The van der Waals surface area contributed by atoms with Crippen molar-refractivity contribution in [2.24, 2.45) is 0 Å². The Morgan fingerprint density at radius 2 is 2.14 bits per heavy atom. The third-order valence-corrected chi connectivity index (χ3v) is 5.44. The summed E-state index contributed by atoms with van der Waals surface area (Å²) in [6.07, 6.45) is 1.58. The van der Waals surface area contributed by atoms with Crippen LogP contribution in [0.2, 0.25) is 5.02 Å². The number of hydrogen-bond donors (Lipinski definition) is 1. The van der Waals surface area contributed by atoms with Gasteiger partial charge in [-0.05, 0) is 36.4 Å². The maximum atomic E-state index is 13.9. The van der Waals surface area contributed by atoms with Gasteiger partial charge in [-0.15, -0.1) is 6.58 Å². The first kappa shape index (κ1) is 20.6. The van der Waals surface area contributed by atoms with Gasteiger partial charge in [0.2, 0.25) is 5.91 Å². The van der Waals surface area contributed by atoms with Crippen molar-refractivity contribution in [1.82, 2.24) is 9.55 Å². The van der Waals surface area contributed by atoms with E-state index in [-0.39, 0.29) is 23.5 Å². The Hall–Kier alpha value is -2.16. The number of aromatic nitrogens is 2. The Labute approximate surface area is 177 Å². The van der Waals surface area contributed by atoms with E-state index < -0.39 is 11.7 Å². The largest absolute Gasteiger partial charge is 0.323 e. The van der Waals surface area contributed by atoms with Crippen LogP contribution in [0.25, 0.3) is 10.9 Å². The number of benzene rings is 2. The zero-order valence-corrected chi connectivity index (χ0v) is 17.6. The van der Waals surface area contributed by atoms with Gasteiger partial charge in [0.1, 0.15) is 5.82 Å². The molecule has 2 aromatic carbocycles. The molecule has 9 heteroatoms. The van der Waals surface area contributed by atoms with Gasteiger partial charge in [0.05, 0.1) is 22.3 Å². The molecule has 3 aromatic rings. The molecular weight excluding hydrogens is 469 g/mol. The first-order valence-electron chi connectivity index (χ1n) is 8.07. The summed E-state index contributed by atoms with van der Waals surface area (Å²) < 4.78 is 15.9. The number of allylic oxidation sites excluding steroid dienone is 1. The number of anilines is 1. The molecule has 0 spiro atoms. The van der Waals surface area contributed by atoms with Gasteiger partial charge < -0.3 is 5.32 Å². The monoisotopic (exact) mass is 481 g/mol. The van der Waals surface area contributed by atoms with Gasteiger partial charge in [0.25, 0.3) is 5.56 Å². The average Bonchev–Trinajstić information content (AvgIpc) is 2.65. The standard InChI is InChI=1S/C19H14BrClFN3O2S/c1-2-7-25-18(27)13-5-4-12(21)9-16(13)24-19(25)28-10-17(26)23-15-6-3-11(20)8-14(15)22/h2-6,8-9H,1,7,10H2,(H,23,26). The predicted molar refractivity (Wildman–Crippen MR) is 115 cm³/mol. The molecule has 0 aliphatic rings. The van der Waals surface area contributed by atoms with Crippen molar-refractivity contribution >= 4 is 61.8 Å². The smallest absolute Gasteiger partial charge is 0.262 e. The lowest BCUT2D eigenvalue weighted by atomic mass is 10.2. The van der Waals surface area contributed by atoms with Crippen molar-refractivity contribution in [3.05, 3.63) is 74.7 Å². The van der Waals surface area contributed by atoms with Crippen LogP contribution < -0.4 is 10.9 Å². The van der Waals surface area contributed by atoms with Crippen molar-refractivity contribution < 1.29 is 9.18 Å². The molecule has 3 rings (SSSR count). The quantitative estimate of drug-likeness (QED) is 0.309. The van der Waals surface area contributed by atoms with E-state index in [2.05, 4.69) is 32.8 Å². The van der Waals surface area contributed by atoms with Crippen molar-refractivity contribution in [2.45, 2.75) is 11.7 Å². The fourth-order valence-corrected chi connectivity index (χ4v) is 3.79. The molecule has 0 atom stereocenters. The zero-order valence-electron chi connectivity index (χ0n) is 14.4. The SMILES string of the molecule is C=CCn1c(SCC(=O)Nc2ccc(Br)cc2F)nc2cc(Cl)ccc2c1=O. The Kier molecular flexibility index (Phi) is 6.53. The van der Waals surface area contributed by atoms with E-state index in [0.717, 1.165) is 11.8 Å². The third-order valence-electron chi connectivity index (χ3n) is 3.73. The highest BCUT2D eigenvalue weighted by Crippen LogP contribution is 2.22. The number of thioether (sulfide) groups is 1. The van der Waals surface area contributed by atoms with Gasteiger partial charge in [-0.2, -0.15) is 0 Å². The van der Waals surface area contributed by atoms with Crippen LogP contribution in [-0.2, 0) is 11.3 Å². The molecule has 144 valence electrons. The lowest BCUT2D eigenvalue weighted by Gasteiger charge is -2.12. The highest BCUT2D eigenvalue weighted by Gasteiger charge is 2.14. The van der Waals surface area contributed by atoms with Crippen LogP contribution in [0.5, 0.6) is 0 Å².